The number of benzene rings is 2. The van der Waals surface area contributed by atoms with Crippen LogP contribution in [-0.4, -0.2) is 32.2 Å². The molecule has 2 heterocycles. The van der Waals surface area contributed by atoms with Crippen LogP contribution in [0.15, 0.2) is 48.8 Å². The third-order valence-electron chi connectivity index (χ3n) is 5.83. The zero-order valence-corrected chi connectivity index (χ0v) is 18.6. The van der Waals surface area contributed by atoms with Gasteiger partial charge < -0.3 is 15.7 Å². The number of thiazole rings is 1. The monoisotopic (exact) mass is 467 g/mol. The number of nitrogens with zero attached hydrogens (tertiary/aromatic N) is 3. The molecule has 1 unspecified atom stereocenters. The van der Waals surface area contributed by atoms with Crippen LogP contribution in [0.25, 0.3) is 21.5 Å². The minimum absolute atomic E-state index is 0.0502. The minimum atomic E-state index is -0.940. The maximum Gasteiger partial charge on any atom is 0.184 e. The molecule has 0 amide bonds. The molecule has 0 spiro atoms. The van der Waals surface area contributed by atoms with E-state index < -0.39 is 11.6 Å². The quantitative estimate of drug-likeness (QED) is 0.354. The summed E-state index contributed by atoms with van der Waals surface area (Å²) in [6.45, 7) is 0.488. The van der Waals surface area contributed by atoms with Gasteiger partial charge in [0.2, 0.25) is 0 Å². The molecule has 0 radical (unpaired) electrons. The van der Waals surface area contributed by atoms with Crippen LogP contribution in [0.2, 0.25) is 0 Å². The lowest BCUT2D eigenvalue weighted by Crippen LogP contribution is -2.36. The molecule has 2 aromatic heterocycles. The molecule has 3 N–H and O–H groups in total. The van der Waals surface area contributed by atoms with E-state index in [0.717, 1.165) is 52.7 Å². The Morgan fingerprint density at radius 1 is 1.06 bits per heavy atom. The predicted molar refractivity (Wildman–Crippen MR) is 126 cm³/mol. The Balaban J connectivity index is 1.28. The summed E-state index contributed by atoms with van der Waals surface area (Å²) in [7, 11) is 0. The SMILES string of the molecule is O[C@@H]1CCCCC1Nc1nc2ccc(CNc3cncc(-c4cccc(F)c4F)n3)cc2s1. The summed E-state index contributed by atoms with van der Waals surface area (Å²) in [5.74, 6) is -1.39. The number of fused-ring (bicyclic) bond motifs is 1. The molecule has 33 heavy (non-hydrogen) atoms. The molecule has 9 heteroatoms. The second-order valence-corrected chi connectivity index (χ2v) is 9.20. The molecule has 6 nitrogen and oxygen atoms in total. The molecule has 4 aromatic rings. The fourth-order valence-corrected chi connectivity index (χ4v) is 5.05. The summed E-state index contributed by atoms with van der Waals surface area (Å²) in [6.07, 6.45) is 6.59. The molecule has 5 rings (SSSR count). The smallest absolute Gasteiger partial charge is 0.184 e. The van der Waals surface area contributed by atoms with Crippen molar-refractivity contribution in [1.29, 1.82) is 0 Å². The van der Waals surface area contributed by atoms with Crippen molar-refractivity contribution in [2.45, 2.75) is 44.4 Å². The summed E-state index contributed by atoms with van der Waals surface area (Å²) in [5, 5.41) is 17.6. The Morgan fingerprint density at radius 3 is 2.82 bits per heavy atom. The van der Waals surface area contributed by atoms with Gasteiger partial charge >= 0.3 is 0 Å². The lowest BCUT2D eigenvalue weighted by Gasteiger charge is -2.27. The largest absolute Gasteiger partial charge is 0.391 e. The number of aliphatic hydroxyl groups is 1. The summed E-state index contributed by atoms with van der Waals surface area (Å²) in [4.78, 5) is 13.1. The van der Waals surface area contributed by atoms with Crippen LogP contribution in [0.5, 0.6) is 0 Å². The topological polar surface area (TPSA) is 83.0 Å². The Bertz CT molecular complexity index is 1280. The number of halogens is 2. The highest BCUT2D eigenvalue weighted by Crippen LogP contribution is 2.30. The first-order valence-electron chi connectivity index (χ1n) is 10.9. The van der Waals surface area contributed by atoms with Gasteiger partial charge in [0.1, 0.15) is 5.82 Å². The molecule has 170 valence electrons. The van der Waals surface area contributed by atoms with E-state index in [-0.39, 0.29) is 23.4 Å². The summed E-state index contributed by atoms with van der Waals surface area (Å²) < 4.78 is 28.7. The van der Waals surface area contributed by atoms with E-state index in [2.05, 4.69) is 31.7 Å². The molecular weight excluding hydrogens is 444 g/mol. The fourth-order valence-electron chi connectivity index (χ4n) is 4.05. The average Bonchev–Trinajstić information content (AvgIpc) is 3.23. The lowest BCUT2D eigenvalue weighted by molar-refractivity contribution is 0.116. The van der Waals surface area contributed by atoms with Crippen LogP contribution < -0.4 is 10.6 Å². The molecule has 2 aromatic carbocycles. The van der Waals surface area contributed by atoms with Gasteiger partial charge in [-0.2, -0.15) is 0 Å². The molecule has 0 saturated heterocycles. The maximum atomic E-state index is 14.1. The van der Waals surface area contributed by atoms with Crippen molar-refractivity contribution in [2.24, 2.45) is 0 Å². The maximum absolute atomic E-state index is 14.1. The van der Waals surface area contributed by atoms with E-state index in [1.807, 2.05) is 12.1 Å². The number of hydrogen-bond donors (Lipinski definition) is 3. The highest BCUT2D eigenvalue weighted by molar-refractivity contribution is 7.22. The van der Waals surface area contributed by atoms with Crippen molar-refractivity contribution in [2.75, 3.05) is 10.6 Å². The Hall–Kier alpha value is -3.17. The number of hydrogen-bond acceptors (Lipinski definition) is 7. The highest BCUT2D eigenvalue weighted by Gasteiger charge is 2.23. The van der Waals surface area contributed by atoms with Crippen molar-refractivity contribution in [3.63, 3.8) is 0 Å². The summed E-state index contributed by atoms with van der Waals surface area (Å²) in [5.41, 5.74) is 2.26. The van der Waals surface area contributed by atoms with Crippen molar-refractivity contribution in [3.05, 3.63) is 66.0 Å². The van der Waals surface area contributed by atoms with Gasteiger partial charge in [-0.1, -0.05) is 36.3 Å². The molecule has 0 bridgehead atoms. The van der Waals surface area contributed by atoms with Gasteiger partial charge in [-0.15, -0.1) is 0 Å². The van der Waals surface area contributed by atoms with Gasteiger partial charge in [0, 0.05) is 12.1 Å². The number of anilines is 2. The van der Waals surface area contributed by atoms with E-state index in [1.165, 1.54) is 18.3 Å². The second-order valence-electron chi connectivity index (χ2n) is 8.17. The molecule has 1 fully saturated rings. The number of rotatable bonds is 6. The predicted octanol–water partition coefficient (Wildman–Crippen LogP) is 5.36. The summed E-state index contributed by atoms with van der Waals surface area (Å²) >= 11 is 1.57. The fraction of sp³-hybridized carbons (Fsp3) is 0.292. The van der Waals surface area contributed by atoms with Crippen LogP contribution >= 0.6 is 11.3 Å². The van der Waals surface area contributed by atoms with E-state index in [4.69, 9.17) is 0 Å². The normalized spacial score (nSPS) is 18.4. The highest BCUT2D eigenvalue weighted by atomic mass is 32.1. The van der Waals surface area contributed by atoms with Gasteiger partial charge in [-0.3, -0.25) is 4.98 Å². The summed E-state index contributed by atoms with van der Waals surface area (Å²) in [6, 6.07) is 10.1. The van der Waals surface area contributed by atoms with Crippen LogP contribution in [-0.2, 0) is 6.54 Å². The van der Waals surface area contributed by atoms with Gasteiger partial charge in [0.15, 0.2) is 16.8 Å². The zero-order valence-electron chi connectivity index (χ0n) is 17.8. The number of aliphatic hydroxyl groups excluding tert-OH is 1. The third kappa shape index (κ3) is 4.79. The van der Waals surface area contributed by atoms with Crippen LogP contribution in [0.3, 0.4) is 0 Å². The zero-order chi connectivity index (χ0) is 22.8. The molecule has 1 aliphatic carbocycles. The van der Waals surface area contributed by atoms with E-state index in [0.29, 0.717) is 12.4 Å². The first kappa shape index (κ1) is 21.7. The molecule has 1 aliphatic rings. The van der Waals surface area contributed by atoms with Crippen molar-refractivity contribution >= 4 is 32.5 Å². The van der Waals surface area contributed by atoms with E-state index >= 15 is 0 Å². The van der Waals surface area contributed by atoms with Crippen molar-refractivity contribution in [1.82, 2.24) is 15.0 Å². The Labute approximate surface area is 193 Å². The third-order valence-corrected chi connectivity index (χ3v) is 6.78. The molecular formula is C24H23F2N5OS. The van der Waals surface area contributed by atoms with E-state index in [1.54, 1.807) is 17.5 Å². The van der Waals surface area contributed by atoms with E-state index in [9.17, 15) is 13.9 Å². The van der Waals surface area contributed by atoms with Crippen molar-refractivity contribution in [3.8, 4) is 11.3 Å². The molecule has 0 aliphatic heterocycles. The molecule has 2 atom stereocenters. The average molecular weight is 468 g/mol. The van der Waals surface area contributed by atoms with Crippen LogP contribution in [0.1, 0.15) is 31.2 Å². The van der Waals surface area contributed by atoms with Crippen molar-refractivity contribution < 1.29 is 13.9 Å². The van der Waals surface area contributed by atoms with Gasteiger partial charge in [-0.05, 0) is 42.7 Å². The second kappa shape index (κ2) is 9.36. The minimum Gasteiger partial charge on any atom is -0.391 e. The number of aromatic nitrogens is 3. The lowest BCUT2D eigenvalue weighted by atomic mass is 9.93. The number of nitrogens with one attached hydrogen (secondary N) is 2. The Morgan fingerprint density at radius 2 is 1.94 bits per heavy atom. The first-order chi connectivity index (χ1) is 16.1. The van der Waals surface area contributed by atoms with Gasteiger partial charge in [0.05, 0.1) is 40.5 Å². The van der Waals surface area contributed by atoms with Crippen LogP contribution in [0, 0.1) is 11.6 Å². The van der Waals surface area contributed by atoms with Gasteiger partial charge in [-0.25, -0.2) is 18.7 Å². The van der Waals surface area contributed by atoms with Gasteiger partial charge in [0.25, 0.3) is 0 Å². The standard InChI is InChI=1S/C24H23F2N5OS/c25-16-5-3-4-15(23(16)26)19-12-27-13-22(29-19)28-11-14-8-9-18-21(10-14)33-24(31-18)30-17-6-1-2-7-20(17)32/h3-5,8-10,12-13,17,20,32H,1-2,6-7,11H2,(H,28,29)(H,30,31)/t17?,20-/m1/s1. The Kier molecular flexibility index (Phi) is 6.15. The first-order valence-corrected chi connectivity index (χ1v) is 11.7. The van der Waals surface area contributed by atoms with Crippen LogP contribution in [0.4, 0.5) is 19.7 Å². The molecule has 1 saturated carbocycles.